The molecule has 0 aromatic heterocycles. The molecule has 0 aliphatic carbocycles. The van der Waals surface area contributed by atoms with Crippen LogP contribution in [0.1, 0.15) is 17.5 Å². The van der Waals surface area contributed by atoms with E-state index < -0.39 is 54.3 Å². The third-order valence-corrected chi connectivity index (χ3v) is 6.72. The first-order chi connectivity index (χ1) is 19.5. The zero-order chi connectivity index (χ0) is 30.4. The van der Waals surface area contributed by atoms with E-state index in [1.807, 2.05) is 6.26 Å². The summed E-state index contributed by atoms with van der Waals surface area (Å²) >= 11 is 1.45. The summed E-state index contributed by atoms with van der Waals surface area (Å²) in [6, 6.07) is 12.1. The van der Waals surface area contributed by atoms with Crippen LogP contribution in [-0.2, 0) is 36.8 Å². The minimum Gasteiger partial charge on any atom is -0.508 e. The van der Waals surface area contributed by atoms with Gasteiger partial charge in [-0.25, -0.2) is 4.79 Å². The van der Waals surface area contributed by atoms with Crippen LogP contribution in [0.3, 0.4) is 0 Å². The number of carbonyl (C=O) groups excluding carboxylic acids is 4. The molecule has 0 heterocycles. The van der Waals surface area contributed by atoms with Gasteiger partial charge in [-0.05, 0) is 48.1 Å². The lowest BCUT2D eigenvalue weighted by molar-refractivity contribution is -0.142. The van der Waals surface area contributed by atoms with Gasteiger partial charge in [0.15, 0.2) is 0 Å². The second-order valence-corrected chi connectivity index (χ2v) is 10.4. The second-order valence-electron chi connectivity index (χ2n) is 9.44. The van der Waals surface area contributed by atoms with Crippen molar-refractivity contribution < 1.29 is 34.2 Å². The minimum absolute atomic E-state index is 0.0918. The highest BCUT2D eigenvalue weighted by atomic mass is 32.2. The van der Waals surface area contributed by atoms with Gasteiger partial charge in [0.2, 0.25) is 23.6 Å². The lowest BCUT2D eigenvalue weighted by Gasteiger charge is -2.22. The zero-order valence-electron chi connectivity index (χ0n) is 23.0. The highest BCUT2D eigenvalue weighted by molar-refractivity contribution is 7.98. The Balaban J connectivity index is 1.92. The lowest BCUT2D eigenvalue weighted by atomic mass is 10.0. The van der Waals surface area contributed by atoms with Gasteiger partial charge in [0.25, 0.3) is 0 Å². The van der Waals surface area contributed by atoms with Crippen molar-refractivity contribution in [2.45, 2.75) is 37.4 Å². The summed E-state index contributed by atoms with van der Waals surface area (Å²) in [5.41, 5.74) is 7.48. The summed E-state index contributed by atoms with van der Waals surface area (Å²) in [7, 11) is 1.41. The van der Waals surface area contributed by atoms with E-state index in [1.165, 1.54) is 30.9 Å². The molecule has 3 atom stereocenters. The minimum atomic E-state index is -1.18. The first kappa shape index (κ1) is 33.1. The van der Waals surface area contributed by atoms with Crippen LogP contribution >= 0.6 is 11.8 Å². The van der Waals surface area contributed by atoms with Crippen LogP contribution in [0.4, 0.5) is 0 Å². The highest BCUT2D eigenvalue weighted by Gasteiger charge is 2.27. The molecule has 0 radical (unpaired) electrons. The van der Waals surface area contributed by atoms with E-state index in [-0.39, 0.29) is 31.6 Å². The highest BCUT2D eigenvalue weighted by Crippen LogP contribution is 2.11. The average Bonchev–Trinajstić information content (AvgIpc) is 2.94. The van der Waals surface area contributed by atoms with Crippen LogP contribution in [-0.4, -0.2) is 95.0 Å². The summed E-state index contributed by atoms with van der Waals surface area (Å²) < 4.78 is 0. The molecule has 2 aromatic rings. The Labute approximate surface area is 243 Å². The molecule has 0 aliphatic heterocycles. The number of thioether (sulfide) groups is 1. The molecule has 12 nitrogen and oxygen atoms in total. The number of hydrogen-bond acceptors (Lipinski definition) is 8. The van der Waals surface area contributed by atoms with Crippen LogP contribution in [0.2, 0.25) is 0 Å². The molecule has 0 spiro atoms. The predicted molar refractivity (Wildman–Crippen MR) is 155 cm³/mol. The number of nitrogens with zero attached hydrogens (tertiary/aromatic N) is 1. The number of nitrogens with two attached hydrogens (primary N) is 1. The van der Waals surface area contributed by atoms with Crippen LogP contribution in [0, 0.1) is 0 Å². The Morgan fingerprint density at radius 1 is 0.902 bits per heavy atom. The number of hydrogen-bond donors (Lipinski definition) is 6. The number of nitrogens with one attached hydrogen (secondary N) is 3. The number of aliphatic carboxylic acids is 1. The van der Waals surface area contributed by atoms with Crippen molar-refractivity contribution in [3.05, 3.63) is 65.7 Å². The summed E-state index contributed by atoms with van der Waals surface area (Å²) in [5.74, 6) is -2.97. The number of carbonyl (C=O) groups is 5. The molecule has 4 amide bonds. The molecular formula is C28H37N5O7S. The normalized spacial score (nSPS) is 12.9. The van der Waals surface area contributed by atoms with Gasteiger partial charge in [-0.3, -0.25) is 19.2 Å². The second kappa shape index (κ2) is 16.9. The molecule has 0 saturated carbocycles. The largest absolute Gasteiger partial charge is 0.508 e. The van der Waals surface area contributed by atoms with Gasteiger partial charge in [0.1, 0.15) is 17.8 Å². The van der Waals surface area contributed by atoms with E-state index in [2.05, 4.69) is 16.0 Å². The van der Waals surface area contributed by atoms with Crippen LogP contribution < -0.4 is 21.7 Å². The SMILES string of the molecule is CSCC[C@H](NC(=O)[C@H](Cc1ccccc1)NC(=O)CNC(=O)CN(C)C(=O)[C@@H](N)Cc1ccc(O)cc1)C(=O)O. The van der Waals surface area contributed by atoms with E-state index >= 15 is 0 Å². The average molecular weight is 588 g/mol. The van der Waals surface area contributed by atoms with Gasteiger partial charge in [-0.2, -0.15) is 11.8 Å². The Hall–Kier alpha value is -4.10. The lowest BCUT2D eigenvalue weighted by Crippen LogP contribution is -2.54. The van der Waals surface area contributed by atoms with E-state index in [4.69, 9.17) is 5.73 Å². The fourth-order valence-electron chi connectivity index (χ4n) is 3.85. The molecule has 0 fully saturated rings. The maximum Gasteiger partial charge on any atom is 0.326 e. The fourth-order valence-corrected chi connectivity index (χ4v) is 4.33. The van der Waals surface area contributed by atoms with E-state index in [1.54, 1.807) is 42.5 Å². The molecule has 0 saturated heterocycles. The van der Waals surface area contributed by atoms with Crippen LogP contribution in [0.5, 0.6) is 5.75 Å². The molecule has 0 aliphatic rings. The number of benzene rings is 2. The number of amides is 4. The van der Waals surface area contributed by atoms with Crippen molar-refractivity contribution in [1.82, 2.24) is 20.9 Å². The van der Waals surface area contributed by atoms with Crippen LogP contribution in [0.25, 0.3) is 0 Å². The summed E-state index contributed by atoms with van der Waals surface area (Å²) in [6.07, 6.45) is 2.36. The Morgan fingerprint density at radius 2 is 1.54 bits per heavy atom. The number of carboxylic acid groups (broad SMARTS) is 1. The molecular weight excluding hydrogens is 550 g/mol. The van der Waals surface area contributed by atoms with E-state index in [0.717, 1.165) is 16.0 Å². The first-order valence-corrected chi connectivity index (χ1v) is 14.3. The smallest absolute Gasteiger partial charge is 0.326 e. The van der Waals surface area contributed by atoms with Crippen molar-refractivity contribution in [2.24, 2.45) is 5.73 Å². The number of aromatic hydroxyl groups is 1. The maximum absolute atomic E-state index is 13.0. The number of phenols is 1. The van der Waals surface area contributed by atoms with E-state index in [9.17, 15) is 34.2 Å². The van der Waals surface area contributed by atoms with Gasteiger partial charge in [0.05, 0.1) is 19.1 Å². The van der Waals surface area contributed by atoms with Gasteiger partial charge in [-0.1, -0.05) is 42.5 Å². The Morgan fingerprint density at radius 3 is 2.15 bits per heavy atom. The monoisotopic (exact) mass is 587 g/mol. The molecule has 7 N–H and O–H groups in total. The van der Waals surface area contributed by atoms with Crippen molar-refractivity contribution >= 4 is 41.4 Å². The third-order valence-electron chi connectivity index (χ3n) is 6.07. The summed E-state index contributed by atoms with van der Waals surface area (Å²) in [5, 5.41) is 26.3. The first-order valence-electron chi connectivity index (χ1n) is 12.9. The number of likely N-dealkylation sites (N-methyl/N-ethyl adjacent to an activating group) is 1. The molecule has 2 aromatic carbocycles. The number of phenolic OH excluding ortho intramolecular Hbond substituents is 1. The van der Waals surface area contributed by atoms with Gasteiger partial charge in [0, 0.05) is 13.5 Å². The molecule has 0 bridgehead atoms. The van der Waals surface area contributed by atoms with Crippen molar-refractivity contribution in [2.75, 3.05) is 32.1 Å². The molecule has 41 heavy (non-hydrogen) atoms. The van der Waals surface area contributed by atoms with Crippen molar-refractivity contribution in [3.8, 4) is 5.75 Å². The van der Waals surface area contributed by atoms with Crippen molar-refractivity contribution in [3.63, 3.8) is 0 Å². The van der Waals surface area contributed by atoms with E-state index in [0.29, 0.717) is 5.75 Å². The number of rotatable bonds is 16. The van der Waals surface area contributed by atoms with Gasteiger partial charge < -0.3 is 36.8 Å². The Kier molecular flexibility index (Phi) is 13.6. The van der Waals surface area contributed by atoms with Gasteiger partial charge >= 0.3 is 5.97 Å². The van der Waals surface area contributed by atoms with Gasteiger partial charge in [-0.15, -0.1) is 0 Å². The molecule has 2 rings (SSSR count). The molecule has 222 valence electrons. The predicted octanol–water partition coefficient (Wildman–Crippen LogP) is -0.113. The third kappa shape index (κ3) is 11.9. The molecule has 13 heteroatoms. The fraction of sp³-hybridized carbons (Fsp3) is 0.393. The maximum atomic E-state index is 13.0. The summed E-state index contributed by atoms with van der Waals surface area (Å²) in [6.45, 7) is -0.813. The van der Waals surface area contributed by atoms with Crippen molar-refractivity contribution in [1.29, 1.82) is 0 Å². The molecule has 0 unspecified atom stereocenters. The zero-order valence-corrected chi connectivity index (χ0v) is 23.9. The number of carboxylic acids is 1. The Bertz CT molecular complexity index is 1180. The topological polar surface area (TPSA) is 191 Å². The standard InChI is InChI=1S/C28H37N5O7S/c1-33(27(38)21(29)14-19-8-10-20(34)11-9-19)17-25(36)30-16-24(35)31-23(15-18-6-4-3-5-7-18)26(37)32-22(28(39)40)12-13-41-2/h3-11,21-23,34H,12-17,29H2,1-2H3,(H,30,36)(H,31,35)(H,32,37)(H,39,40)/t21-,22-,23-/m0/s1. The van der Waals surface area contributed by atoms with Crippen LogP contribution in [0.15, 0.2) is 54.6 Å². The quantitative estimate of drug-likeness (QED) is 0.155. The summed E-state index contributed by atoms with van der Waals surface area (Å²) in [4.78, 5) is 63.4.